The van der Waals surface area contributed by atoms with Crippen LogP contribution in [0.5, 0.6) is 0 Å². The fourth-order valence-corrected chi connectivity index (χ4v) is 3.13. The molecule has 0 saturated heterocycles. The van der Waals surface area contributed by atoms with Crippen molar-refractivity contribution in [3.05, 3.63) is 36.0 Å². The Bertz CT molecular complexity index is 868. The first-order chi connectivity index (χ1) is 14.4. The molecular formula is C20H29N5O5. The normalized spacial score (nSPS) is 14.1. The second-order valence-corrected chi connectivity index (χ2v) is 7.10. The van der Waals surface area contributed by atoms with Crippen LogP contribution in [0.3, 0.4) is 0 Å². The highest BCUT2D eigenvalue weighted by Crippen LogP contribution is 2.18. The molecule has 2 rings (SSSR count). The summed E-state index contributed by atoms with van der Waals surface area (Å²) < 4.78 is 0. The summed E-state index contributed by atoms with van der Waals surface area (Å²) in [5.74, 6) is -2.58. The lowest BCUT2D eigenvalue weighted by molar-refractivity contribution is -0.143. The molecule has 0 spiro atoms. The van der Waals surface area contributed by atoms with E-state index in [2.05, 4.69) is 15.6 Å². The number of aliphatic hydroxyl groups excluding tert-OH is 1. The van der Waals surface area contributed by atoms with Gasteiger partial charge in [-0.3, -0.25) is 9.59 Å². The number of nitrogens with two attached hydrogens (primary N) is 2. The van der Waals surface area contributed by atoms with Crippen molar-refractivity contribution >= 4 is 28.7 Å². The van der Waals surface area contributed by atoms with Crippen LogP contribution in [0, 0.1) is 0 Å². The quantitative estimate of drug-likeness (QED) is 0.220. The van der Waals surface area contributed by atoms with Gasteiger partial charge in [0.1, 0.15) is 12.1 Å². The minimum atomic E-state index is -1.45. The van der Waals surface area contributed by atoms with E-state index in [4.69, 9.17) is 21.7 Å². The number of benzene rings is 1. The van der Waals surface area contributed by atoms with Crippen molar-refractivity contribution in [3.8, 4) is 0 Å². The largest absolute Gasteiger partial charge is 0.480 e. The zero-order chi connectivity index (χ0) is 22.1. The Morgan fingerprint density at radius 1 is 1.07 bits per heavy atom. The van der Waals surface area contributed by atoms with Crippen LogP contribution in [0.1, 0.15) is 24.8 Å². The molecule has 1 aromatic carbocycles. The van der Waals surface area contributed by atoms with Crippen LogP contribution in [0.2, 0.25) is 0 Å². The third-order valence-electron chi connectivity index (χ3n) is 4.83. The first-order valence-corrected chi connectivity index (χ1v) is 9.82. The second kappa shape index (κ2) is 11.3. The van der Waals surface area contributed by atoms with Gasteiger partial charge in [-0.2, -0.15) is 0 Å². The number of carbonyl (C=O) groups excluding carboxylic acids is 2. The molecule has 0 saturated carbocycles. The van der Waals surface area contributed by atoms with Crippen LogP contribution in [-0.4, -0.2) is 64.3 Å². The maximum Gasteiger partial charge on any atom is 0.328 e. The van der Waals surface area contributed by atoms with Crippen molar-refractivity contribution < 1.29 is 24.6 Å². The topological polar surface area (TPSA) is 184 Å². The maximum atomic E-state index is 12.6. The van der Waals surface area contributed by atoms with E-state index in [1.807, 2.05) is 24.3 Å². The molecule has 9 N–H and O–H groups in total. The van der Waals surface area contributed by atoms with E-state index in [1.54, 1.807) is 6.20 Å². The molecule has 30 heavy (non-hydrogen) atoms. The summed E-state index contributed by atoms with van der Waals surface area (Å²) in [4.78, 5) is 39.3. The van der Waals surface area contributed by atoms with Crippen molar-refractivity contribution in [2.75, 3.05) is 13.2 Å². The molecular weight excluding hydrogens is 390 g/mol. The SMILES string of the molecule is NCCCCC(NC(=O)C(N)Cc1c[nH]c2ccccc12)C(=O)NC(CO)C(=O)O. The lowest BCUT2D eigenvalue weighted by Gasteiger charge is -2.22. The molecule has 3 atom stereocenters. The summed E-state index contributed by atoms with van der Waals surface area (Å²) in [5.41, 5.74) is 13.4. The molecule has 10 nitrogen and oxygen atoms in total. The zero-order valence-electron chi connectivity index (χ0n) is 16.6. The highest BCUT2D eigenvalue weighted by Gasteiger charge is 2.27. The van der Waals surface area contributed by atoms with Gasteiger partial charge >= 0.3 is 5.97 Å². The number of aliphatic carboxylic acids is 1. The van der Waals surface area contributed by atoms with Crippen LogP contribution in [-0.2, 0) is 20.8 Å². The van der Waals surface area contributed by atoms with Crippen molar-refractivity contribution in [1.29, 1.82) is 0 Å². The Balaban J connectivity index is 2.04. The number of hydrogen-bond acceptors (Lipinski definition) is 6. The van der Waals surface area contributed by atoms with Crippen LogP contribution in [0.4, 0.5) is 0 Å². The molecule has 10 heteroatoms. The number of carbonyl (C=O) groups is 3. The van der Waals surface area contributed by atoms with Crippen LogP contribution < -0.4 is 22.1 Å². The van der Waals surface area contributed by atoms with Gasteiger partial charge in [-0.15, -0.1) is 0 Å². The number of aliphatic hydroxyl groups is 1. The smallest absolute Gasteiger partial charge is 0.328 e. The van der Waals surface area contributed by atoms with E-state index in [0.717, 1.165) is 16.5 Å². The summed E-state index contributed by atoms with van der Waals surface area (Å²) in [6.07, 6.45) is 3.53. The number of aromatic amines is 1. The van der Waals surface area contributed by atoms with Gasteiger partial charge in [-0.05, 0) is 43.9 Å². The third kappa shape index (κ3) is 6.28. The van der Waals surface area contributed by atoms with E-state index in [0.29, 0.717) is 19.4 Å². The molecule has 2 amide bonds. The third-order valence-corrected chi connectivity index (χ3v) is 4.83. The number of fused-ring (bicyclic) bond motifs is 1. The number of unbranched alkanes of at least 4 members (excludes halogenated alkanes) is 1. The van der Waals surface area contributed by atoms with Gasteiger partial charge in [0.25, 0.3) is 0 Å². The molecule has 0 aliphatic rings. The molecule has 0 radical (unpaired) electrons. The van der Waals surface area contributed by atoms with Gasteiger partial charge < -0.3 is 37.3 Å². The predicted molar refractivity (Wildman–Crippen MR) is 111 cm³/mol. The molecule has 1 aromatic heterocycles. The standard InChI is InChI=1S/C20H29N5O5/c21-8-4-3-7-16(19(28)25-17(11-26)20(29)30)24-18(27)14(22)9-12-10-23-15-6-2-1-5-13(12)15/h1-2,5-6,10,14,16-17,23,26H,3-4,7-9,11,21-22H2,(H,24,27)(H,25,28)(H,29,30). The number of hydrogen-bond donors (Lipinski definition) is 7. The fourth-order valence-electron chi connectivity index (χ4n) is 3.13. The molecule has 1 heterocycles. The number of nitrogens with one attached hydrogen (secondary N) is 3. The summed E-state index contributed by atoms with van der Waals surface area (Å²) in [6, 6.07) is 4.30. The Labute approximate surface area is 174 Å². The Kier molecular flexibility index (Phi) is 8.78. The first-order valence-electron chi connectivity index (χ1n) is 9.82. The van der Waals surface area contributed by atoms with E-state index >= 15 is 0 Å². The van der Waals surface area contributed by atoms with Crippen LogP contribution in [0.25, 0.3) is 10.9 Å². The summed E-state index contributed by atoms with van der Waals surface area (Å²) in [7, 11) is 0. The Morgan fingerprint density at radius 2 is 1.77 bits per heavy atom. The second-order valence-electron chi connectivity index (χ2n) is 7.10. The zero-order valence-corrected chi connectivity index (χ0v) is 16.6. The average Bonchev–Trinajstić information content (AvgIpc) is 3.13. The monoisotopic (exact) mass is 419 g/mol. The van der Waals surface area contributed by atoms with Crippen molar-refractivity contribution in [1.82, 2.24) is 15.6 Å². The minimum Gasteiger partial charge on any atom is -0.480 e. The van der Waals surface area contributed by atoms with Gasteiger partial charge in [-0.25, -0.2) is 4.79 Å². The highest BCUT2D eigenvalue weighted by molar-refractivity contribution is 5.92. The summed E-state index contributed by atoms with van der Waals surface area (Å²) in [6.45, 7) is -0.332. The lowest BCUT2D eigenvalue weighted by atomic mass is 10.0. The van der Waals surface area contributed by atoms with Gasteiger partial charge in [0.2, 0.25) is 11.8 Å². The molecule has 0 aliphatic heterocycles. The Morgan fingerprint density at radius 3 is 2.43 bits per heavy atom. The van der Waals surface area contributed by atoms with Gasteiger partial charge in [0, 0.05) is 17.1 Å². The summed E-state index contributed by atoms with van der Waals surface area (Å²) >= 11 is 0. The first kappa shape index (κ1) is 23.3. The minimum absolute atomic E-state index is 0.265. The van der Waals surface area contributed by atoms with Gasteiger partial charge in [-0.1, -0.05) is 18.2 Å². The molecule has 0 bridgehead atoms. The Hall–Kier alpha value is -2.95. The number of para-hydroxylation sites is 1. The number of carboxylic acids is 1. The van der Waals surface area contributed by atoms with E-state index in [9.17, 15) is 14.4 Å². The van der Waals surface area contributed by atoms with Gasteiger partial charge in [0.15, 0.2) is 0 Å². The molecule has 0 fully saturated rings. The summed E-state index contributed by atoms with van der Waals surface area (Å²) in [5, 5.41) is 23.9. The predicted octanol–water partition coefficient (Wildman–Crippen LogP) is -0.787. The average molecular weight is 419 g/mol. The van der Waals surface area contributed by atoms with Crippen molar-refractivity contribution in [2.24, 2.45) is 11.5 Å². The van der Waals surface area contributed by atoms with Crippen molar-refractivity contribution in [3.63, 3.8) is 0 Å². The van der Waals surface area contributed by atoms with Crippen molar-refractivity contribution in [2.45, 2.75) is 43.8 Å². The van der Waals surface area contributed by atoms with E-state index in [1.165, 1.54) is 0 Å². The number of rotatable bonds is 12. The lowest BCUT2D eigenvalue weighted by Crippen LogP contribution is -2.55. The number of aromatic nitrogens is 1. The molecule has 0 aliphatic carbocycles. The number of carboxylic acid groups (broad SMARTS) is 1. The maximum absolute atomic E-state index is 12.6. The number of H-pyrrole nitrogens is 1. The fraction of sp³-hybridized carbons (Fsp3) is 0.450. The molecule has 2 aromatic rings. The molecule has 3 unspecified atom stereocenters. The highest BCUT2D eigenvalue weighted by atomic mass is 16.4. The van der Waals surface area contributed by atoms with E-state index in [-0.39, 0.29) is 12.8 Å². The van der Waals surface area contributed by atoms with Crippen LogP contribution in [0.15, 0.2) is 30.5 Å². The molecule has 164 valence electrons. The van der Waals surface area contributed by atoms with Gasteiger partial charge in [0.05, 0.1) is 12.6 Å². The van der Waals surface area contributed by atoms with Crippen LogP contribution >= 0.6 is 0 Å². The van der Waals surface area contributed by atoms with E-state index < -0.39 is 42.5 Å². The number of amides is 2.